The molecule has 6 heteroatoms. The molecule has 1 aromatic heterocycles. The van der Waals surface area contributed by atoms with Crippen LogP contribution < -0.4 is 4.74 Å². The van der Waals surface area contributed by atoms with Gasteiger partial charge in [0, 0.05) is 22.4 Å². The maximum absolute atomic E-state index is 12.4. The van der Waals surface area contributed by atoms with Gasteiger partial charge < -0.3 is 9.15 Å². The fourth-order valence-electron chi connectivity index (χ4n) is 2.92. The third kappa shape index (κ3) is 2.67. The number of esters is 1. The number of carbonyl (C=O) groups excluding carboxylic acids is 1. The van der Waals surface area contributed by atoms with Crippen molar-refractivity contribution in [3.63, 3.8) is 0 Å². The summed E-state index contributed by atoms with van der Waals surface area (Å²) in [4.78, 5) is 22.8. The lowest BCUT2D eigenvalue weighted by molar-refractivity contribution is -0.385. The number of nitro benzene ring substituents is 1. The topological polar surface area (TPSA) is 82.6 Å². The second-order valence-corrected chi connectivity index (χ2v) is 5.90. The van der Waals surface area contributed by atoms with E-state index in [1.54, 1.807) is 25.1 Å². The summed E-state index contributed by atoms with van der Waals surface area (Å²) in [6, 6.07) is 16.9. The molecular formula is C20H13NO5. The molecule has 0 radical (unpaired) electrons. The minimum atomic E-state index is -0.574. The van der Waals surface area contributed by atoms with Gasteiger partial charge >= 0.3 is 5.97 Å². The van der Waals surface area contributed by atoms with Gasteiger partial charge in [0.05, 0.1) is 10.5 Å². The molecule has 1 heterocycles. The Morgan fingerprint density at radius 3 is 2.54 bits per heavy atom. The number of fused-ring (bicyclic) bond motifs is 3. The van der Waals surface area contributed by atoms with E-state index in [4.69, 9.17) is 9.15 Å². The van der Waals surface area contributed by atoms with Crippen LogP contribution >= 0.6 is 0 Å². The van der Waals surface area contributed by atoms with Crippen LogP contribution in [0.25, 0.3) is 21.9 Å². The van der Waals surface area contributed by atoms with Gasteiger partial charge in [0.15, 0.2) is 0 Å². The molecule has 0 unspecified atom stereocenters. The van der Waals surface area contributed by atoms with E-state index in [1.807, 2.05) is 24.3 Å². The Morgan fingerprint density at radius 2 is 1.77 bits per heavy atom. The zero-order chi connectivity index (χ0) is 18.3. The molecule has 0 aliphatic heterocycles. The van der Waals surface area contributed by atoms with Crippen LogP contribution in [0.3, 0.4) is 0 Å². The van der Waals surface area contributed by atoms with Crippen LogP contribution in [0.2, 0.25) is 0 Å². The van der Waals surface area contributed by atoms with Crippen molar-refractivity contribution in [1.82, 2.24) is 0 Å². The average molecular weight is 347 g/mol. The number of ether oxygens (including phenoxy) is 1. The van der Waals surface area contributed by atoms with E-state index in [2.05, 4.69) is 0 Å². The number of nitrogens with zero attached hydrogens (tertiary/aromatic N) is 1. The van der Waals surface area contributed by atoms with Crippen LogP contribution in [-0.4, -0.2) is 10.9 Å². The van der Waals surface area contributed by atoms with Crippen LogP contribution in [0.4, 0.5) is 5.69 Å². The largest absolute Gasteiger partial charge is 0.456 e. The Hall–Kier alpha value is -3.67. The van der Waals surface area contributed by atoms with Crippen molar-refractivity contribution >= 4 is 33.6 Å². The number of carbonyl (C=O) groups is 1. The molecule has 6 nitrogen and oxygen atoms in total. The van der Waals surface area contributed by atoms with Gasteiger partial charge in [-0.1, -0.05) is 18.2 Å². The smallest absolute Gasteiger partial charge is 0.343 e. The Morgan fingerprint density at radius 1 is 1.00 bits per heavy atom. The first-order chi connectivity index (χ1) is 12.5. The molecule has 0 N–H and O–H groups in total. The predicted molar refractivity (Wildman–Crippen MR) is 96.5 cm³/mol. The first-order valence-electron chi connectivity index (χ1n) is 7.91. The predicted octanol–water partition coefficient (Wildman–Crippen LogP) is 5.02. The summed E-state index contributed by atoms with van der Waals surface area (Å²) in [7, 11) is 0. The van der Waals surface area contributed by atoms with Gasteiger partial charge in [-0.25, -0.2) is 4.79 Å². The van der Waals surface area contributed by atoms with E-state index in [0.29, 0.717) is 16.9 Å². The van der Waals surface area contributed by atoms with Crippen LogP contribution in [0, 0.1) is 17.0 Å². The maximum Gasteiger partial charge on any atom is 0.343 e. The van der Waals surface area contributed by atoms with Crippen LogP contribution in [-0.2, 0) is 0 Å². The highest BCUT2D eigenvalue weighted by atomic mass is 16.6. The number of rotatable bonds is 3. The molecule has 0 spiro atoms. The van der Waals surface area contributed by atoms with E-state index in [-0.39, 0.29) is 11.3 Å². The van der Waals surface area contributed by atoms with Crippen molar-refractivity contribution in [3.8, 4) is 5.75 Å². The SMILES string of the molecule is Cc1cc(C(=O)Oc2ccc3oc4ccccc4c3c2)ccc1[N+](=O)[O-]. The van der Waals surface area contributed by atoms with E-state index < -0.39 is 10.9 Å². The third-order valence-electron chi connectivity index (χ3n) is 4.19. The van der Waals surface area contributed by atoms with E-state index >= 15 is 0 Å². The molecule has 0 fully saturated rings. The van der Waals surface area contributed by atoms with Gasteiger partial charge in [0.1, 0.15) is 16.9 Å². The quantitative estimate of drug-likeness (QED) is 0.225. The summed E-state index contributed by atoms with van der Waals surface area (Å²) in [6.45, 7) is 1.58. The van der Waals surface area contributed by atoms with Crippen molar-refractivity contribution in [2.24, 2.45) is 0 Å². The number of furan rings is 1. The Bertz CT molecular complexity index is 1180. The van der Waals surface area contributed by atoms with Gasteiger partial charge in [0.25, 0.3) is 5.69 Å². The van der Waals surface area contributed by atoms with Gasteiger partial charge in [-0.15, -0.1) is 0 Å². The zero-order valence-electron chi connectivity index (χ0n) is 13.8. The molecule has 0 amide bonds. The summed E-state index contributed by atoms with van der Waals surface area (Å²) in [5, 5.41) is 12.7. The van der Waals surface area contributed by atoms with Crippen molar-refractivity contribution in [1.29, 1.82) is 0 Å². The van der Waals surface area contributed by atoms with Crippen LogP contribution in [0.5, 0.6) is 5.75 Å². The van der Waals surface area contributed by atoms with Crippen molar-refractivity contribution in [2.75, 3.05) is 0 Å². The molecule has 3 aromatic carbocycles. The molecule has 4 aromatic rings. The van der Waals surface area contributed by atoms with Gasteiger partial charge in [-0.3, -0.25) is 10.1 Å². The van der Waals surface area contributed by atoms with E-state index in [9.17, 15) is 14.9 Å². The van der Waals surface area contributed by atoms with Gasteiger partial charge in [-0.2, -0.15) is 0 Å². The molecule has 0 aliphatic carbocycles. The number of benzene rings is 3. The number of nitro groups is 1. The second-order valence-electron chi connectivity index (χ2n) is 5.90. The lowest BCUT2D eigenvalue weighted by Crippen LogP contribution is -2.09. The zero-order valence-corrected chi connectivity index (χ0v) is 13.8. The third-order valence-corrected chi connectivity index (χ3v) is 4.19. The van der Waals surface area contributed by atoms with E-state index in [1.165, 1.54) is 18.2 Å². The fraction of sp³-hybridized carbons (Fsp3) is 0.0500. The number of hydrogen-bond donors (Lipinski definition) is 0. The molecular weight excluding hydrogens is 334 g/mol. The lowest BCUT2D eigenvalue weighted by atomic mass is 10.1. The van der Waals surface area contributed by atoms with Crippen molar-refractivity contribution in [2.45, 2.75) is 6.92 Å². The van der Waals surface area contributed by atoms with Crippen molar-refractivity contribution < 1.29 is 18.9 Å². The first-order valence-corrected chi connectivity index (χ1v) is 7.91. The molecule has 0 atom stereocenters. The minimum Gasteiger partial charge on any atom is -0.456 e. The molecule has 4 rings (SSSR count). The summed E-state index contributed by atoms with van der Waals surface area (Å²) >= 11 is 0. The number of aryl methyl sites for hydroxylation is 1. The lowest BCUT2D eigenvalue weighted by Gasteiger charge is -2.05. The monoisotopic (exact) mass is 347 g/mol. The number of hydrogen-bond acceptors (Lipinski definition) is 5. The highest BCUT2D eigenvalue weighted by molar-refractivity contribution is 6.05. The standard InChI is InChI=1S/C20H13NO5/c1-12-10-13(6-8-17(12)21(23)24)20(22)25-14-7-9-19-16(11-14)15-4-2-3-5-18(15)26-19/h2-11H,1H3. The van der Waals surface area contributed by atoms with E-state index in [0.717, 1.165) is 16.4 Å². The molecule has 128 valence electrons. The Kier molecular flexibility index (Phi) is 3.65. The minimum absolute atomic E-state index is 0.0344. The molecule has 0 bridgehead atoms. The van der Waals surface area contributed by atoms with Gasteiger partial charge in [0.2, 0.25) is 0 Å². The summed E-state index contributed by atoms with van der Waals surface area (Å²) < 4.78 is 11.2. The molecule has 0 saturated heterocycles. The fourth-order valence-corrected chi connectivity index (χ4v) is 2.92. The van der Waals surface area contributed by atoms with Crippen molar-refractivity contribution in [3.05, 3.63) is 81.9 Å². The average Bonchev–Trinajstić information content (AvgIpc) is 2.99. The summed E-state index contributed by atoms with van der Waals surface area (Å²) in [5.74, 6) is -0.194. The Labute approximate surface area is 147 Å². The van der Waals surface area contributed by atoms with Crippen LogP contribution in [0.15, 0.2) is 65.1 Å². The second kappa shape index (κ2) is 6.00. The highest BCUT2D eigenvalue weighted by Crippen LogP contribution is 2.31. The summed E-state index contributed by atoms with van der Waals surface area (Å²) in [6.07, 6.45) is 0. The highest BCUT2D eigenvalue weighted by Gasteiger charge is 2.16. The molecule has 0 saturated carbocycles. The molecule has 26 heavy (non-hydrogen) atoms. The van der Waals surface area contributed by atoms with Crippen LogP contribution in [0.1, 0.15) is 15.9 Å². The maximum atomic E-state index is 12.4. The molecule has 0 aliphatic rings. The summed E-state index contributed by atoms with van der Waals surface area (Å²) in [5.41, 5.74) is 2.09. The first kappa shape index (κ1) is 15.8. The van der Waals surface area contributed by atoms with Gasteiger partial charge in [-0.05, 0) is 43.3 Å². The normalized spacial score (nSPS) is 11.0. The number of para-hydroxylation sites is 1. The Balaban J connectivity index is 1.66.